The smallest absolute Gasteiger partial charge is 0.310 e. The fraction of sp³-hybridized carbons (Fsp3) is 0.727. The Morgan fingerprint density at radius 3 is 2.68 bits per heavy atom. The summed E-state index contributed by atoms with van der Waals surface area (Å²) in [7, 11) is 3.15. The van der Waals surface area contributed by atoms with Crippen molar-refractivity contribution in [2.24, 2.45) is 0 Å². The molecule has 0 saturated carbocycles. The number of nitrogens with zero attached hydrogens (tertiary/aromatic N) is 1. The van der Waals surface area contributed by atoms with Crippen molar-refractivity contribution in [3.63, 3.8) is 0 Å². The van der Waals surface area contributed by atoms with E-state index in [1.165, 1.54) is 11.9 Å². The van der Waals surface area contributed by atoms with E-state index in [0.717, 1.165) is 0 Å². The summed E-state index contributed by atoms with van der Waals surface area (Å²) in [5.74, 6) is -1.25. The Labute approximate surface area is 111 Å². The van der Waals surface area contributed by atoms with Gasteiger partial charge in [0.05, 0.1) is 19.0 Å². The van der Waals surface area contributed by atoms with Gasteiger partial charge in [0.15, 0.2) is 0 Å². The number of hydrogen-bond acceptors (Lipinski definition) is 6. The molecule has 19 heavy (non-hydrogen) atoms. The molecular formula is C11H19N3O5. The molecule has 1 rings (SSSR count). The third-order valence-electron chi connectivity index (χ3n) is 2.89. The number of amides is 2. The summed E-state index contributed by atoms with van der Waals surface area (Å²) in [6.07, 6.45) is -1.40. The number of nitrogens with one attached hydrogen (secondary N) is 2. The standard InChI is InChI=1S/C11H19N3O5/c1-6(12-2)10(17)14(3)5-8(15)13-7-4-9(16)19-11(7)18/h6-7,11-12,18H,4-5H2,1-3H3,(H,13,15). The highest BCUT2D eigenvalue weighted by atomic mass is 16.6. The topological polar surface area (TPSA) is 108 Å². The first kappa shape index (κ1) is 15.4. The van der Waals surface area contributed by atoms with Gasteiger partial charge in [0.1, 0.15) is 6.04 Å². The molecule has 1 fully saturated rings. The van der Waals surface area contributed by atoms with Crippen LogP contribution in [0.4, 0.5) is 0 Å². The number of likely N-dealkylation sites (N-methyl/N-ethyl adjacent to an activating group) is 2. The fourth-order valence-electron chi connectivity index (χ4n) is 1.67. The molecule has 1 heterocycles. The van der Waals surface area contributed by atoms with E-state index in [2.05, 4.69) is 15.4 Å². The van der Waals surface area contributed by atoms with E-state index in [4.69, 9.17) is 0 Å². The maximum Gasteiger partial charge on any atom is 0.310 e. The summed E-state index contributed by atoms with van der Waals surface area (Å²) in [4.78, 5) is 35.6. The minimum absolute atomic E-state index is 0.0719. The van der Waals surface area contributed by atoms with Crippen molar-refractivity contribution in [2.75, 3.05) is 20.6 Å². The molecule has 0 bridgehead atoms. The Morgan fingerprint density at radius 2 is 2.21 bits per heavy atom. The molecule has 8 nitrogen and oxygen atoms in total. The van der Waals surface area contributed by atoms with Crippen LogP contribution in [0.25, 0.3) is 0 Å². The Hall–Kier alpha value is -1.67. The third kappa shape index (κ3) is 4.18. The van der Waals surface area contributed by atoms with Crippen molar-refractivity contribution in [2.45, 2.75) is 31.7 Å². The molecule has 108 valence electrons. The van der Waals surface area contributed by atoms with E-state index < -0.39 is 24.2 Å². The Bertz CT molecular complexity index is 373. The van der Waals surface area contributed by atoms with Gasteiger partial charge in [-0.3, -0.25) is 14.4 Å². The predicted molar refractivity (Wildman–Crippen MR) is 64.8 cm³/mol. The highest BCUT2D eigenvalue weighted by molar-refractivity contribution is 5.87. The number of carbonyl (C=O) groups excluding carboxylic acids is 3. The van der Waals surface area contributed by atoms with Crippen molar-refractivity contribution in [1.29, 1.82) is 0 Å². The summed E-state index contributed by atoms with van der Waals surface area (Å²) in [5.41, 5.74) is 0. The predicted octanol–water partition coefficient (Wildman–Crippen LogP) is -2.20. The quantitative estimate of drug-likeness (QED) is 0.491. The molecule has 2 amide bonds. The van der Waals surface area contributed by atoms with Crippen LogP contribution in [0.1, 0.15) is 13.3 Å². The zero-order valence-electron chi connectivity index (χ0n) is 11.2. The van der Waals surface area contributed by atoms with Crippen LogP contribution in [0, 0.1) is 0 Å². The number of rotatable bonds is 5. The molecule has 1 aliphatic heterocycles. The summed E-state index contributed by atoms with van der Waals surface area (Å²) < 4.78 is 4.49. The van der Waals surface area contributed by atoms with Gasteiger partial charge in [-0.15, -0.1) is 0 Å². The van der Waals surface area contributed by atoms with E-state index in [-0.39, 0.29) is 24.9 Å². The zero-order valence-corrected chi connectivity index (χ0v) is 11.2. The summed E-state index contributed by atoms with van der Waals surface area (Å²) >= 11 is 0. The second-order valence-corrected chi connectivity index (χ2v) is 4.46. The molecule has 3 N–H and O–H groups in total. The van der Waals surface area contributed by atoms with Crippen molar-refractivity contribution >= 4 is 17.8 Å². The van der Waals surface area contributed by atoms with Gasteiger partial charge in [-0.1, -0.05) is 0 Å². The van der Waals surface area contributed by atoms with Gasteiger partial charge < -0.3 is 25.4 Å². The number of aliphatic hydroxyl groups is 1. The van der Waals surface area contributed by atoms with E-state index in [0.29, 0.717) is 0 Å². The van der Waals surface area contributed by atoms with Crippen LogP contribution in [-0.4, -0.2) is 66.8 Å². The molecule has 1 aliphatic rings. The number of hydrogen-bond donors (Lipinski definition) is 3. The maximum atomic E-state index is 11.7. The van der Waals surface area contributed by atoms with Gasteiger partial charge >= 0.3 is 5.97 Å². The lowest BCUT2D eigenvalue weighted by Crippen LogP contribution is -2.48. The highest BCUT2D eigenvalue weighted by Crippen LogP contribution is 2.12. The fourth-order valence-corrected chi connectivity index (χ4v) is 1.67. The van der Waals surface area contributed by atoms with Crippen molar-refractivity contribution in [3.8, 4) is 0 Å². The number of carbonyl (C=O) groups is 3. The van der Waals surface area contributed by atoms with Gasteiger partial charge in [0.25, 0.3) is 0 Å². The first-order chi connectivity index (χ1) is 8.85. The van der Waals surface area contributed by atoms with Crippen LogP contribution in [0.15, 0.2) is 0 Å². The van der Waals surface area contributed by atoms with E-state index in [1.807, 2.05) is 0 Å². The monoisotopic (exact) mass is 273 g/mol. The first-order valence-electron chi connectivity index (χ1n) is 5.94. The van der Waals surface area contributed by atoms with Gasteiger partial charge in [-0.25, -0.2) is 0 Å². The molecule has 8 heteroatoms. The van der Waals surface area contributed by atoms with Crippen molar-refractivity contribution in [3.05, 3.63) is 0 Å². The molecule has 0 aliphatic carbocycles. The highest BCUT2D eigenvalue weighted by Gasteiger charge is 2.34. The average molecular weight is 273 g/mol. The van der Waals surface area contributed by atoms with Gasteiger partial charge in [0.2, 0.25) is 18.1 Å². The number of ether oxygens (including phenoxy) is 1. The van der Waals surface area contributed by atoms with Crippen molar-refractivity contribution < 1.29 is 24.2 Å². The van der Waals surface area contributed by atoms with Crippen LogP contribution in [-0.2, 0) is 19.1 Å². The van der Waals surface area contributed by atoms with E-state index in [1.54, 1.807) is 14.0 Å². The molecule has 3 atom stereocenters. The minimum Gasteiger partial charge on any atom is -0.434 e. The SMILES string of the molecule is CNC(C)C(=O)N(C)CC(=O)NC1CC(=O)OC1O. The second-order valence-electron chi connectivity index (χ2n) is 4.46. The van der Waals surface area contributed by atoms with Crippen LogP contribution in [0.2, 0.25) is 0 Å². The van der Waals surface area contributed by atoms with Gasteiger partial charge in [-0.2, -0.15) is 0 Å². The number of cyclic esters (lactones) is 1. The molecule has 0 aromatic carbocycles. The Balaban J connectivity index is 2.43. The molecule has 0 aromatic heterocycles. The van der Waals surface area contributed by atoms with E-state index >= 15 is 0 Å². The molecule has 0 aromatic rings. The second kappa shape index (κ2) is 6.48. The summed E-state index contributed by atoms with van der Waals surface area (Å²) in [5, 5.41) is 14.6. The largest absolute Gasteiger partial charge is 0.434 e. The molecule has 3 unspecified atom stereocenters. The minimum atomic E-state index is -1.33. The Morgan fingerprint density at radius 1 is 1.58 bits per heavy atom. The van der Waals surface area contributed by atoms with Crippen LogP contribution in [0.5, 0.6) is 0 Å². The number of aliphatic hydroxyl groups excluding tert-OH is 1. The number of esters is 1. The lowest BCUT2D eigenvalue weighted by molar-refractivity contribution is -0.155. The zero-order chi connectivity index (χ0) is 14.6. The molecule has 0 spiro atoms. The summed E-state index contributed by atoms with van der Waals surface area (Å²) in [6.45, 7) is 1.53. The third-order valence-corrected chi connectivity index (χ3v) is 2.89. The molecule has 1 saturated heterocycles. The normalized spacial score (nSPS) is 23.7. The van der Waals surface area contributed by atoms with Crippen molar-refractivity contribution in [1.82, 2.24) is 15.5 Å². The van der Waals surface area contributed by atoms with Gasteiger partial charge in [-0.05, 0) is 14.0 Å². The summed E-state index contributed by atoms with van der Waals surface area (Å²) in [6, 6.07) is -1.15. The van der Waals surface area contributed by atoms with Gasteiger partial charge in [0, 0.05) is 7.05 Å². The molecular weight excluding hydrogens is 254 g/mol. The van der Waals surface area contributed by atoms with Crippen LogP contribution in [0.3, 0.4) is 0 Å². The molecule has 0 radical (unpaired) electrons. The maximum absolute atomic E-state index is 11.7. The first-order valence-corrected chi connectivity index (χ1v) is 5.94. The van der Waals surface area contributed by atoms with Crippen LogP contribution < -0.4 is 10.6 Å². The van der Waals surface area contributed by atoms with Crippen LogP contribution >= 0.6 is 0 Å². The Kier molecular flexibility index (Phi) is 5.25. The lowest BCUT2D eigenvalue weighted by Gasteiger charge is -2.21. The average Bonchev–Trinajstić information content (AvgIpc) is 2.65. The van der Waals surface area contributed by atoms with E-state index in [9.17, 15) is 19.5 Å². The lowest BCUT2D eigenvalue weighted by atomic mass is 10.2.